The molecule has 3 rings (SSSR count). The number of anilines is 1. The van der Waals surface area contributed by atoms with E-state index in [1.165, 1.54) is 6.26 Å². The van der Waals surface area contributed by atoms with Gasteiger partial charge in [0.15, 0.2) is 5.76 Å². The Kier molecular flexibility index (Phi) is 6.62. The third-order valence-electron chi connectivity index (χ3n) is 4.75. The van der Waals surface area contributed by atoms with Gasteiger partial charge in [0.25, 0.3) is 11.8 Å². The first kappa shape index (κ1) is 19.9. The van der Waals surface area contributed by atoms with Crippen molar-refractivity contribution >= 4 is 17.6 Å². The van der Waals surface area contributed by atoms with Crippen molar-refractivity contribution in [1.82, 2.24) is 20.2 Å². The van der Waals surface area contributed by atoms with Crippen molar-refractivity contribution in [3.8, 4) is 0 Å². The van der Waals surface area contributed by atoms with Crippen LogP contribution >= 0.6 is 0 Å². The Hall–Kier alpha value is -2.90. The van der Waals surface area contributed by atoms with Crippen LogP contribution in [0.1, 0.15) is 53.1 Å². The monoisotopic (exact) mass is 385 g/mol. The lowest BCUT2D eigenvalue weighted by Crippen LogP contribution is -2.49. The molecule has 2 aromatic heterocycles. The summed E-state index contributed by atoms with van der Waals surface area (Å²) in [5.41, 5.74) is 0.382. The summed E-state index contributed by atoms with van der Waals surface area (Å²) in [4.78, 5) is 37.4. The number of furan rings is 1. The van der Waals surface area contributed by atoms with Crippen LogP contribution in [-0.4, -0.2) is 59.4 Å². The molecule has 0 radical (unpaired) electrons. The maximum Gasteiger partial charge on any atom is 0.289 e. The number of carbonyl (C=O) groups is 2. The molecule has 0 unspecified atom stereocenters. The van der Waals surface area contributed by atoms with E-state index in [4.69, 9.17) is 4.42 Å². The average Bonchev–Trinajstić information content (AvgIpc) is 3.25. The molecule has 0 atom stereocenters. The summed E-state index contributed by atoms with van der Waals surface area (Å²) in [5, 5.41) is 2.92. The number of piperazine rings is 1. The molecule has 150 valence electrons. The maximum atomic E-state index is 12.4. The van der Waals surface area contributed by atoms with Crippen molar-refractivity contribution in [2.24, 2.45) is 0 Å². The van der Waals surface area contributed by atoms with Crippen LogP contribution in [0.3, 0.4) is 0 Å². The zero-order valence-electron chi connectivity index (χ0n) is 16.5. The molecule has 0 saturated carbocycles. The number of carbonyl (C=O) groups excluding carboxylic acids is 2. The van der Waals surface area contributed by atoms with Gasteiger partial charge >= 0.3 is 0 Å². The summed E-state index contributed by atoms with van der Waals surface area (Å²) in [6.07, 6.45) is 4.67. The van der Waals surface area contributed by atoms with Crippen LogP contribution in [0.5, 0.6) is 0 Å². The van der Waals surface area contributed by atoms with Gasteiger partial charge < -0.3 is 19.5 Å². The first-order valence-electron chi connectivity index (χ1n) is 9.80. The van der Waals surface area contributed by atoms with E-state index in [0.29, 0.717) is 50.0 Å². The molecule has 8 heteroatoms. The summed E-state index contributed by atoms with van der Waals surface area (Å²) in [6.45, 7) is 6.99. The number of aryl methyl sites for hydroxylation is 1. The second kappa shape index (κ2) is 9.34. The molecule has 1 aliphatic heterocycles. The van der Waals surface area contributed by atoms with Gasteiger partial charge in [0.2, 0.25) is 0 Å². The zero-order valence-corrected chi connectivity index (χ0v) is 16.5. The van der Waals surface area contributed by atoms with Crippen molar-refractivity contribution in [2.45, 2.75) is 33.1 Å². The van der Waals surface area contributed by atoms with Gasteiger partial charge in [-0.3, -0.25) is 9.59 Å². The van der Waals surface area contributed by atoms with Crippen LogP contribution < -0.4 is 10.2 Å². The Bertz CT molecular complexity index is 798. The lowest BCUT2D eigenvalue weighted by Gasteiger charge is -2.35. The van der Waals surface area contributed by atoms with Crippen LogP contribution in [0.4, 0.5) is 5.82 Å². The van der Waals surface area contributed by atoms with Gasteiger partial charge in [-0.1, -0.05) is 19.8 Å². The molecular formula is C20H27N5O3. The van der Waals surface area contributed by atoms with E-state index in [2.05, 4.69) is 27.1 Å². The molecule has 2 aromatic rings. The number of nitrogens with one attached hydrogen (secondary N) is 1. The van der Waals surface area contributed by atoms with Gasteiger partial charge in [-0.25, -0.2) is 9.97 Å². The number of nitrogens with zero attached hydrogens (tertiary/aromatic N) is 4. The summed E-state index contributed by atoms with van der Waals surface area (Å²) in [7, 11) is 0. The Morgan fingerprint density at radius 3 is 2.64 bits per heavy atom. The molecule has 1 fully saturated rings. The molecule has 0 spiro atoms. The smallest absolute Gasteiger partial charge is 0.289 e. The molecule has 0 aliphatic carbocycles. The van der Waals surface area contributed by atoms with Crippen molar-refractivity contribution in [1.29, 1.82) is 0 Å². The van der Waals surface area contributed by atoms with Gasteiger partial charge in [-0.05, 0) is 25.5 Å². The predicted molar refractivity (Wildman–Crippen MR) is 105 cm³/mol. The van der Waals surface area contributed by atoms with Crippen molar-refractivity contribution < 1.29 is 14.0 Å². The Morgan fingerprint density at radius 1 is 1.18 bits per heavy atom. The fraction of sp³-hybridized carbons (Fsp3) is 0.500. The van der Waals surface area contributed by atoms with E-state index < -0.39 is 0 Å². The van der Waals surface area contributed by atoms with E-state index in [-0.39, 0.29) is 11.8 Å². The van der Waals surface area contributed by atoms with Gasteiger partial charge in [-0.15, -0.1) is 0 Å². The van der Waals surface area contributed by atoms with Gasteiger partial charge in [0.05, 0.1) is 6.26 Å². The molecule has 1 aliphatic rings. The third-order valence-corrected chi connectivity index (χ3v) is 4.75. The fourth-order valence-corrected chi connectivity index (χ4v) is 3.19. The number of hydrogen-bond acceptors (Lipinski definition) is 6. The second-order valence-electron chi connectivity index (χ2n) is 6.88. The summed E-state index contributed by atoms with van der Waals surface area (Å²) < 4.78 is 5.20. The third kappa shape index (κ3) is 4.88. The van der Waals surface area contributed by atoms with E-state index in [1.54, 1.807) is 30.0 Å². The van der Waals surface area contributed by atoms with Crippen LogP contribution in [-0.2, 0) is 0 Å². The fourth-order valence-electron chi connectivity index (χ4n) is 3.19. The Balaban J connectivity index is 1.60. The molecule has 1 N–H and O–H groups in total. The molecule has 1 saturated heterocycles. The molecule has 8 nitrogen and oxygen atoms in total. The Morgan fingerprint density at radius 2 is 1.96 bits per heavy atom. The van der Waals surface area contributed by atoms with E-state index >= 15 is 0 Å². The Labute approximate surface area is 164 Å². The quantitative estimate of drug-likeness (QED) is 0.735. The summed E-state index contributed by atoms with van der Waals surface area (Å²) in [6, 6.07) is 5.11. The summed E-state index contributed by atoms with van der Waals surface area (Å²) in [5.74, 6) is 1.36. The highest BCUT2D eigenvalue weighted by molar-refractivity contribution is 5.93. The minimum absolute atomic E-state index is 0.101. The van der Waals surface area contributed by atoms with Gasteiger partial charge in [-0.2, -0.15) is 0 Å². The van der Waals surface area contributed by atoms with E-state index in [9.17, 15) is 9.59 Å². The number of rotatable bonds is 7. The minimum atomic E-state index is -0.172. The number of amides is 2. The highest BCUT2D eigenvalue weighted by atomic mass is 16.3. The van der Waals surface area contributed by atoms with Crippen LogP contribution in [0.25, 0.3) is 0 Å². The van der Waals surface area contributed by atoms with Crippen molar-refractivity contribution in [3.63, 3.8) is 0 Å². The number of aromatic nitrogens is 2. The summed E-state index contributed by atoms with van der Waals surface area (Å²) >= 11 is 0. The SMILES string of the molecule is CCCCCNC(=O)c1cc(N2CCN(C(=O)c3ccco3)CC2)nc(C)n1. The first-order valence-corrected chi connectivity index (χ1v) is 9.80. The highest BCUT2D eigenvalue weighted by Gasteiger charge is 2.25. The molecule has 0 aromatic carbocycles. The zero-order chi connectivity index (χ0) is 19.9. The largest absolute Gasteiger partial charge is 0.459 e. The number of hydrogen-bond donors (Lipinski definition) is 1. The van der Waals surface area contributed by atoms with Crippen molar-refractivity contribution in [2.75, 3.05) is 37.6 Å². The molecule has 28 heavy (non-hydrogen) atoms. The van der Waals surface area contributed by atoms with E-state index in [1.807, 2.05) is 0 Å². The average molecular weight is 385 g/mol. The van der Waals surface area contributed by atoms with E-state index in [0.717, 1.165) is 25.1 Å². The van der Waals surface area contributed by atoms with Crippen LogP contribution in [0.2, 0.25) is 0 Å². The molecule has 2 amide bonds. The lowest BCUT2D eigenvalue weighted by molar-refractivity contribution is 0.0714. The highest BCUT2D eigenvalue weighted by Crippen LogP contribution is 2.17. The second-order valence-corrected chi connectivity index (χ2v) is 6.88. The van der Waals surface area contributed by atoms with Gasteiger partial charge in [0, 0.05) is 38.8 Å². The normalized spacial score (nSPS) is 14.2. The standard InChI is InChI=1S/C20H27N5O3/c1-3-4-5-8-21-19(26)16-14-18(23-15(2)22-16)24-9-11-25(12-10-24)20(27)17-7-6-13-28-17/h6-7,13-14H,3-5,8-12H2,1-2H3,(H,21,26). The van der Waals surface area contributed by atoms with Crippen LogP contribution in [0.15, 0.2) is 28.9 Å². The molecule has 3 heterocycles. The lowest BCUT2D eigenvalue weighted by atomic mass is 10.2. The van der Waals surface area contributed by atoms with Crippen molar-refractivity contribution in [3.05, 3.63) is 41.7 Å². The molecule has 0 bridgehead atoms. The minimum Gasteiger partial charge on any atom is -0.459 e. The number of unbranched alkanes of at least 4 members (excludes halogenated alkanes) is 2. The molecular weight excluding hydrogens is 358 g/mol. The van der Waals surface area contributed by atoms with Crippen LogP contribution in [0, 0.1) is 6.92 Å². The predicted octanol–water partition coefficient (Wildman–Crippen LogP) is 2.26. The van der Waals surface area contributed by atoms with Gasteiger partial charge in [0.1, 0.15) is 17.3 Å². The maximum absolute atomic E-state index is 12.4. The topological polar surface area (TPSA) is 91.6 Å². The first-order chi connectivity index (χ1) is 13.6.